The average molecular weight is 362 g/mol. The van der Waals surface area contributed by atoms with Crippen molar-refractivity contribution in [3.05, 3.63) is 46.5 Å². The van der Waals surface area contributed by atoms with E-state index in [2.05, 4.69) is 64.5 Å². The molecule has 4 nitrogen and oxygen atoms in total. The molecule has 0 saturated carbocycles. The maximum Gasteiger partial charge on any atom is 0.145 e. The largest absolute Gasteiger partial charge is 0.505 e. The Morgan fingerprint density at radius 1 is 1.00 bits per heavy atom. The molecular formula is C20H28ClN3O. The van der Waals surface area contributed by atoms with E-state index in [1.165, 1.54) is 5.56 Å². The summed E-state index contributed by atoms with van der Waals surface area (Å²) in [7, 11) is 0. The highest BCUT2D eigenvalue weighted by Gasteiger charge is 2.34. The summed E-state index contributed by atoms with van der Waals surface area (Å²) in [6.07, 6.45) is 5.91. The third-order valence-corrected chi connectivity index (χ3v) is 5.00. The molecule has 25 heavy (non-hydrogen) atoms. The molecule has 0 radical (unpaired) electrons. The minimum atomic E-state index is -0.157. The number of phenolic OH excluding ortho intramolecular Hbond substituents is 1. The first-order valence-electron chi connectivity index (χ1n) is 8.73. The van der Waals surface area contributed by atoms with Crippen molar-refractivity contribution in [3.63, 3.8) is 0 Å². The number of hydrogen-bond acceptors (Lipinski definition) is 4. The van der Waals surface area contributed by atoms with Crippen LogP contribution in [0.3, 0.4) is 0 Å². The van der Waals surface area contributed by atoms with Crippen LogP contribution < -0.4 is 16.0 Å². The zero-order chi connectivity index (χ0) is 18.6. The number of nitrogens with one attached hydrogen (secondary N) is 2. The number of phenols is 1. The molecule has 2 unspecified atom stereocenters. The minimum Gasteiger partial charge on any atom is -0.505 e. The standard InChI is InChI=1S/C20H28ClN3O/c1-19(2,3)12-9-14(20(4,5)6)18(25)17(10-12)24-22-15-8-7-13(21)11-16(15)23-24/h7-11,15-16,22-23,25H,1-6H3. The van der Waals surface area contributed by atoms with Crippen molar-refractivity contribution in [2.24, 2.45) is 0 Å². The van der Waals surface area contributed by atoms with Crippen LogP contribution in [0.25, 0.3) is 0 Å². The zero-order valence-electron chi connectivity index (χ0n) is 15.8. The second-order valence-corrected chi connectivity index (χ2v) is 9.38. The zero-order valence-corrected chi connectivity index (χ0v) is 16.6. The fourth-order valence-corrected chi connectivity index (χ4v) is 3.36. The Morgan fingerprint density at radius 2 is 1.64 bits per heavy atom. The number of benzene rings is 1. The van der Waals surface area contributed by atoms with Gasteiger partial charge in [0.15, 0.2) is 0 Å². The molecule has 1 aliphatic carbocycles. The Hall–Kier alpha value is -1.49. The van der Waals surface area contributed by atoms with Crippen LogP contribution in [-0.2, 0) is 10.8 Å². The first-order chi connectivity index (χ1) is 11.5. The van der Waals surface area contributed by atoms with Crippen molar-refractivity contribution < 1.29 is 5.11 Å². The number of rotatable bonds is 1. The highest BCUT2D eigenvalue weighted by molar-refractivity contribution is 6.31. The third-order valence-electron chi connectivity index (χ3n) is 4.75. The van der Waals surface area contributed by atoms with Crippen molar-refractivity contribution in [2.75, 3.05) is 5.12 Å². The molecule has 1 heterocycles. The maximum atomic E-state index is 11.0. The Kier molecular flexibility index (Phi) is 4.43. The summed E-state index contributed by atoms with van der Waals surface area (Å²) in [6.45, 7) is 12.9. The monoisotopic (exact) mass is 361 g/mol. The fourth-order valence-electron chi connectivity index (χ4n) is 3.16. The maximum absolute atomic E-state index is 11.0. The molecule has 1 aliphatic heterocycles. The number of anilines is 1. The normalized spacial score (nSPS) is 23.6. The van der Waals surface area contributed by atoms with Crippen molar-refractivity contribution in [3.8, 4) is 5.75 Å². The quantitative estimate of drug-likeness (QED) is 0.700. The molecule has 1 fully saturated rings. The molecular weight excluding hydrogens is 334 g/mol. The van der Waals surface area contributed by atoms with Crippen molar-refractivity contribution >= 4 is 17.3 Å². The van der Waals surface area contributed by atoms with Gasteiger partial charge in [-0.3, -0.25) is 0 Å². The van der Waals surface area contributed by atoms with Gasteiger partial charge in [-0.05, 0) is 34.6 Å². The molecule has 2 aliphatic rings. The second kappa shape index (κ2) is 6.04. The number of nitrogens with zero attached hydrogens (tertiary/aromatic N) is 1. The van der Waals surface area contributed by atoms with Crippen LogP contribution >= 0.6 is 11.6 Å². The van der Waals surface area contributed by atoms with E-state index in [1.807, 2.05) is 23.3 Å². The van der Waals surface area contributed by atoms with E-state index >= 15 is 0 Å². The average Bonchev–Trinajstić information content (AvgIpc) is 2.87. The lowest BCUT2D eigenvalue weighted by Crippen LogP contribution is -2.40. The van der Waals surface area contributed by atoms with E-state index in [4.69, 9.17) is 11.6 Å². The van der Waals surface area contributed by atoms with Crippen LogP contribution in [0.15, 0.2) is 35.4 Å². The van der Waals surface area contributed by atoms with Crippen LogP contribution in [0.1, 0.15) is 52.7 Å². The van der Waals surface area contributed by atoms with E-state index in [9.17, 15) is 5.11 Å². The number of allylic oxidation sites excluding steroid dienone is 2. The van der Waals surface area contributed by atoms with E-state index < -0.39 is 0 Å². The van der Waals surface area contributed by atoms with Gasteiger partial charge in [-0.15, -0.1) is 0 Å². The van der Waals surface area contributed by atoms with Gasteiger partial charge in [0.1, 0.15) is 11.4 Å². The summed E-state index contributed by atoms with van der Waals surface area (Å²) in [5.41, 5.74) is 9.49. The smallest absolute Gasteiger partial charge is 0.145 e. The summed E-state index contributed by atoms with van der Waals surface area (Å²) in [4.78, 5) is 0. The predicted octanol–water partition coefficient (Wildman–Crippen LogP) is 4.25. The van der Waals surface area contributed by atoms with E-state index in [0.29, 0.717) is 5.75 Å². The Balaban J connectivity index is 2.06. The predicted molar refractivity (Wildman–Crippen MR) is 105 cm³/mol. The Bertz CT molecular complexity index is 741. The molecule has 0 bridgehead atoms. The third kappa shape index (κ3) is 3.57. The molecule has 3 rings (SSSR count). The van der Waals surface area contributed by atoms with E-state index in [0.717, 1.165) is 16.3 Å². The Morgan fingerprint density at radius 3 is 2.24 bits per heavy atom. The van der Waals surface area contributed by atoms with Gasteiger partial charge in [-0.25, -0.2) is 16.0 Å². The van der Waals surface area contributed by atoms with Gasteiger partial charge in [0, 0.05) is 10.6 Å². The van der Waals surface area contributed by atoms with E-state index in [-0.39, 0.29) is 22.9 Å². The number of fused-ring (bicyclic) bond motifs is 1. The molecule has 2 atom stereocenters. The summed E-state index contributed by atoms with van der Waals surface area (Å²) >= 11 is 6.12. The van der Waals surface area contributed by atoms with Gasteiger partial charge in [-0.2, -0.15) is 0 Å². The second-order valence-electron chi connectivity index (χ2n) is 8.95. The van der Waals surface area contributed by atoms with Crippen LogP contribution in [-0.4, -0.2) is 17.2 Å². The molecule has 0 amide bonds. The summed E-state index contributed by atoms with van der Waals surface area (Å²) in [5.74, 6) is 0.304. The van der Waals surface area contributed by atoms with Crippen LogP contribution in [0.4, 0.5) is 5.69 Å². The fraction of sp³-hybridized carbons (Fsp3) is 0.500. The molecule has 0 aromatic heterocycles. The molecule has 1 saturated heterocycles. The minimum absolute atomic E-state index is 0.0158. The van der Waals surface area contributed by atoms with E-state index in [1.54, 1.807) is 0 Å². The first kappa shape index (κ1) is 18.3. The van der Waals surface area contributed by atoms with Gasteiger partial charge in [-0.1, -0.05) is 65.3 Å². The number of hydrazine groups is 2. The number of halogens is 1. The Labute approximate surface area is 155 Å². The van der Waals surface area contributed by atoms with Crippen LogP contribution in [0.5, 0.6) is 5.75 Å². The van der Waals surface area contributed by atoms with Gasteiger partial charge in [0.05, 0.1) is 12.1 Å². The molecule has 5 heteroatoms. The summed E-state index contributed by atoms with van der Waals surface area (Å²) in [5, 5.41) is 13.5. The first-order valence-corrected chi connectivity index (χ1v) is 9.10. The summed E-state index contributed by atoms with van der Waals surface area (Å²) in [6, 6.07) is 4.35. The summed E-state index contributed by atoms with van der Waals surface area (Å²) < 4.78 is 0. The number of aromatic hydroxyl groups is 1. The molecule has 1 aromatic rings. The van der Waals surface area contributed by atoms with Crippen molar-refractivity contribution in [1.82, 2.24) is 10.9 Å². The van der Waals surface area contributed by atoms with Crippen LogP contribution in [0.2, 0.25) is 0 Å². The van der Waals surface area contributed by atoms with Crippen LogP contribution in [0, 0.1) is 0 Å². The van der Waals surface area contributed by atoms with Crippen molar-refractivity contribution in [1.29, 1.82) is 0 Å². The van der Waals surface area contributed by atoms with Gasteiger partial charge < -0.3 is 5.11 Å². The lowest BCUT2D eigenvalue weighted by Gasteiger charge is -2.30. The molecule has 3 N–H and O–H groups in total. The topological polar surface area (TPSA) is 47.5 Å². The molecule has 1 aromatic carbocycles. The SMILES string of the molecule is CC(C)(C)c1cc(N2NC3C=CC(Cl)=CC3N2)c(O)c(C(C)(C)C)c1. The molecule has 0 spiro atoms. The van der Waals surface area contributed by atoms with Gasteiger partial charge in [0.25, 0.3) is 0 Å². The van der Waals surface area contributed by atoms with Gasteiger partial charge in [0.2, 0.25) is 0 Å². The lowest BCUT2D eigenvalue weighted by molar-refractivity contribution is 0.440. The van der Waals surface area contributed by atoms with Gasteiger partial charge >= 0.3 is 0 Å². The highest BCUT2D eigenvalue weighted by atomic mass is 35.5. The lowest BCUT2D eigenvalue weighted by atomic mass is 9.79. The van der Waals surface area contributed by atoms with Crippen molar-refractivity contribution in [2.45, 2.75) is 64.5 Å². The molecule has 136 valence electrons. The number of hydrogen-bond donors (Lipinski definition) is 3. The highest BCUT2D eigenvalue weighted by Crippen LogP contribution is 2.41.